The predicted molar refractivity (Wildman–Crippen MR) is 147 cm³/mol. The van der Waals surface area contributed by atoms with Crippen LogP contribution in [-0.4, -0.2) is 50.3 Å². The topological polar surface area (TPSA) is 130 Å². The van der Waals surface area contributed by atoms with Gasteiger partial charge in [0.2, 0.25) is 17.7 Å². The minimum absolute atomic E-state index is 0.00214. The molecule has 0 radical (unpaired) electrons. The number of benzene rings is 1. The monoisotopic (exact) mass is 530 g/mol. The Morgan fingerprint density at radius 3 is 2.69 bits per heavy atom. The fourth-order valence-electron chi connectivity index (χ4n) is 4.48. The molecule has 1 saturated heterocycles. The van der Waals surface area contributed by atoms with E-state index in [0.29, 0.717) is 31.1 Å². The van der Waals surface area contributed by atoms with Gasteiger partial charge in [-0.25, -0.2) is 0 Å². The van der Waals surface area contributed by atoms with Crippen molar-refractivity contribution < 1.29 is 18.9 Å². The van der Waals surface area contributed by atoms with Gasteiger partial charge in [-0.1, -0.05) is 50.7 Å². The molecule has 0 unspecified atom stereocenters. The summed E-state index contributed by atoms with van der Waals surface area (Å²) in [6.45, 7) is 12.1. The summed E-state index contributed by atoms with van der Waals surface area (Å²) in [6, 6.07) is 7.14. The maximum absolute atomic E-state index is 13.2. The number of carbonyl (C=O) groups excluding carboxylic acids is 3. The fraction of sp³-hybridized carbons (Fsp3) is 0.379. The maximum atomic E-state index is 13.2. The summed E-state index contributed by atoms with van der Waals surface area (Å²) in [5.41, 5.74) is 3.79. The van der Waals surface area contributed by atoms with Crippen LogP contribution < -0.4 is 10.6 Å². The van der Waals surface area contributed by atoms with Crippen LogP contribution in [0, 0.1) is 6.92 Å². The van der Waals surface area contributed by atoms with Gasteiger partial charge in [-0.15, -0.1) is 0 Å². The molecule has 3 heterocycles. The first-order valence-electron chi connectivity index (χ1n) is 13.0. The summed E-state index contributed by atoms with van der Waals surface area (Å²) in [6.07, 6.45) is 6.86. The Bertz CT molecular complexity index is 1390. The first kappa shape index (κ1) is 27.7. The molecule has 204 valence electrons. The Hall–Kier alpha value is -4.34. The SMILES string of the molecule is C=CC(=O)N1CCCC[C@@H]1C(=O)Nc1cnccc1-c1ccc(CNC(=O)c2noc(C(C)(C)C)n2)c(C)c1. The molecule has 3 aromatic rings. The summed E-state index contributed by atoms with van der Waals surface area (Å²) >= 11 is 0. The molecule has 0 aliphatic carbocycles. The number of aryl methyl sites for hydroxylation is 1. The minimum atomic E-state index is -0.552. The largest absolute Gasteiger partial charge is 0.345 e. The van der Waals surface area contributed by atoms with Crippen molar-refractivity contribution >= 4 is 23.4 Å². The molecule has 3 amide bonds. The van der Waals surface area contributed by atoms with Crippen molar-refractivity contribution in [1.82, 2.24) is 25.3 Å². The molecule has 2 aromatic heterocycles. The molecule has 10 heteroatoms. The van der Waals surface area contributed by atoms with Crippen LogP contribution in [0.2, 0.25) is 0 Å². The molecule has 4 rings (SSSR count). The van der Waals surface area contributed by atoms with Crippen LogP contribution in [0.4, 0.5) is 5.69 Å². The zero-order valence-corrected chi connectivity index (χ0v) is 22.8. The van der Waals surface area contributed by atoms with Crippen molar-refractivity contribution in [1.29, 1.82) is 0 Å². The number of carbonyl (C=O) groups is 3. The van der Waals surface area contributed by atoms with Crippen LogP contribution in [0.3, 0.4) is 0 Å². The molecular weight excluding hydrogens is 496 g/mol. The third-order valence-corrected chi connectivity index (χ3v) is 6.71. The maximum Gasteiger partial charge on any atom is 0.292 e. The standard InChI is InChI=1S/C29H34N6O4/c1-6-24(36)35-14-8-7-9-23(35)26(37)32-22-17-30-13-12-21(22)19-10-11-20(18(2)15-19)16-31-27(38)25-33-28(39-34-25)29(3,4)5/h6,10-13,15,17,23H,1,7-9,14,16H2,2-5H3,(H,31,38)(H,32,37)/t23-/m1/s1. The van der Waals surface area contributed by atoms with Crippen LogP contribution in [-0.2, 0) is 21.5 Å². The highest BCUT2D eigenvalue weighted by Gasteiger charge is 2.31. The second-order valence-electron chi connectivity index (χ2n) is 10.7. The van der Waals surface area contributed by atoms with E-state index in [4.69, 9.17) is 4.52 Å². The molecule has 1 aliphatic rings. The number of nitrogens with one attached hydrogen (secondary N) is 2. The summed E-state index contributed by atoms with van der Waals surface area (Å²) in [7, 11) is 0. The first-order valence-corrected chi connectivity index (χ1v) is 13.0. The molecule has 1 aliphatic heterocycles. The Balaban J connectivity index is 1.47. The fourth-order valence-corrected chi connectivity index (χ4v) is 4.48. The van der Waals surface area contributed by atoms with Crippen molar-refractivity contribution in [2.75, 3.05) is 11.9 Å². The summed E-state index contributed by atoms with van der Waals surface area (Å²) in [5.74, 6) is -0.502. The number of anilines is 1. The number of piperidine rings is 1. The Kier molecular flexibility index (Phi) is 8.23. The Morgan fingerprint density at radius 2 is 2.00 bits per heavy atom. The molecule has 1 atom stereocenters. The quantitative estimate of drug-likeness (QED) is 0.438. The molecule has 0 saturated carbocycles. The lowest BCUT2D eigenvalue weighted by molar-refractivity contribution is -0.136. The average Bonchev–Trinajstić information content (AvgIpc) is 3.43. The number of rotatable bonds is 7. The smallest absolute Gasteiger partial charge is 0.292 e. The third-order valence-electron chi connectivity index (χ3n) is 6.71. The van der Waals surface area contributed by atoms with Crippen molar-refractivity contribution in [2.45, 2.75) is 65.0 Å². The summed E-state index contributed by atoms with van der Waals surface area (Å²) < 4.78 is 5.21. The Morgan fingerprint density at radius 1 is 1.21 bits per heavy atom. The zero-order valence-electron chi connectivity index (χ0n) is 22.8. The van der Waals surface area contributed by atoms with Crippen molar-refractivity contribution in [2.24, 2.45) is 0 Å². The van der Waals surface area contributed by atoms with Gasteiger partial charge in [-0.2, -0.15) is 4.98 Å². The van der Waals surface area contributed by atoms with E-state index < -0.39 is 11.9 Å². The van der Waals surface area contributed by atoms with Gasteiger partial charge in [0, 0.05) is 30.3 Å². The number of aromatic nitrogens is 3. The number of hydrogen-bond donors (Lipinski definition) is 2. The number of amides is 3. The summed E-state index contributed by atoms with van der Waals surface area (Å²) in [4.78, 5) is 48.0. The molecule has 39 heavy (non-hydrogen) atoms. The highest BCUT2D eigenvalue weighted by atomic mass is 16.5. The van der Waals surface area contributed by atoms with E-state index in [0.717, 1.165) is 35.1 Å². The highest BCUT2D eigenvalue weighted by molar-refractivity contribution is 6.01. The van der Waals surface area contributed by atoms with Gasteiger partial charge in [0.05, 0.1) is 11.9 Å². The number of likely N-dealkylation sites (tertiary alicyclic amines) is 1. The lowest BCUT2D eigenvalue weighted by atomic mass is 9.97. The van der Waals surface area contributed by atoms with Crippen LogP contribution in [0.1, 0.15) is 67.7 Å². The minimum Gasteiger partial charge on any atom is -0.345 e. The van der Waals surface area contributed by atoms with Crippen LogP contribution in [0.15, 0.2) is 53.8 Å². The molecule has 0 spiro atoms. The van der Waals surface area contributed by atoms with Crippen LogP contribution in [0.25, 0.3) is 11.1 Å². The Labute approximate surface area is 227 Å². The van der Waals surface area contributed by atoms with Gasteiger partial charge in [0.15, 0.2) is 0 Å². The van der Waals surface area contributed by atoms with Crippen molar-refractivity contribution in [3.63, 3.8) is 0 Å². The van der Waals surface area contributed by atoms with E-state index in [1.165, 1.54) is 6.08 Å². The third kappa shape index (κ3) is 6.39. The van der Waals surface area contributed by atoms with E-state index in [2.05, 4.69) is 32.3 Å². The van der Waals surface area contributed by atoms with Gasteiger partial charge in [0.1, 0.15) is 6.04 Å². The van der Waals surface area contributed by atoms with Gasteiger partial charge in [-0.3, -0.25) is 19.4 Å². The number of pyridine rings is 1. The number of nitrogens with zero attached hydrogens (tertiary/aromatic N) is 4. The number of hydrogen-bond acceptors (Lipinski definition) is 7. The first-order chi connectivity index (χ1) is 18.6. The second kappa shape index (κ2) is 11.6. The van der Waals surface area contributed by atoms with Crippen LogP contribution >= 0.6 is 0 Å². The van der Waals surface area contributed by atoms with Gasteiger partial charge >= 0.3 is 0 Å². The lowest BCUT2D eigenvalue weighted by Crippen LogP contribution is -2.49. The van der Waals surface area contributed by atoms with Crippen molar-refractivity contribution in [3.8, 4) is 11.1 Å². The van der Waals surface area contributed by atoms with Gasteiger partial charge < -0.3 is 20.1 Å². The van der Waals surface area contributed by atoms with Crippen LogP contribution in [0.5, 0.6) is 0 Å². The average molecular weight is 531 g/mol. The molecule has 0 bridgehead atoms. The predicted octanol–water partition coefficient (Wildman–Crippen LogP) is 4.17. The van der Waals surface area contributed by atoms with E-state index in [1.807, 2.05) is 52.0 Å². The van der Waals surface area contributed by atoms with E-state index in [9.17, 15) is 14.4 Å². The molecule has 2 N–H and O–H groups in total. The van der Waals surface area contributed by atoms with E-state index in [1.54, 1.807) is 17.3 Å². The molecule has 1 aromatic carbocycles. The normalized spacial score (nSPS) is 15.5. The highest BCUT2D eigenvalue weighted by Crippen LogP contribution is 2.30. The van der Waals surface area contributed by atoms with Crippen molar-refractivity contribution in [3.05, 3.63) is 72.2 Å². The lowest BCUT2D eigenvalue weighted by Gasteiger charge is -2.34. The van der Waals surface area contributed by atoms with Gasteiger partial charge in [0.25, 0.3) is 11.7 Å². The summed E-state index contributed by atoms with van der Waals surface area (Å²) in [5, 5.41) is 9.62. The molecule has 10 nitrogen and oxygen atoms in total. The van der Waals surface area contributed by atoms with E-state index >= 15 is 0 Å². The molecule has 1 fully saturated rings. The second-order valence-corrected chi connectivity index (χ2v) is 10.7. The molecular formula is C29H34N6O4. The van der Waals surface area contributed by atoms with Gasteiger partial charge in [-0.05, 0) is 55.0 Å². The zero-order chi connectivity index (χ0) is 28.2. The van der Waals surface area contributed by atoms with E-state index in [-0.39, 0.29) is 23.1 Å².